The predicted molar refractivity (Wildman–Crippen MR) is 113 cm³/mol. The van der Waals surface area contributed by atoms with E-state index in [0.717, 1.165) is 25.0 Å². The molecule has 3 rings (SSSR count). The van der Waals surface area contributed by atoms with Gasteiger partial charge in [0.1, 0.15) is 0 Å². The Kier molecular flexibility index (Phi) is 6.73. The molecule has 0 unspecified atom stereocenters. The number of anilines is 1. The van der Waals surface area contributed by atoms with Crippen LogP contribution in [0.1, 0.15) is 39.1 Å². The van der Waals surface area contributed by atoms with Crippen LogP contribution in [0.15, 0.2) is 48.5 Å². The fourth-order valence-electron chi connectivity index (χ4n) is 2.98. The Balaban J connectivity index is 1.50. The smallest absolute Gasteiger partial charge is 0.257 e. The first kappa shape index (κ1) is 20.0. The van der Waals surface area contributed by atoms with Gasteiger partial charge in [0.15, 0.2) is 5.11 Å². The van der Waals surface area contributed by atoms with Crippen LogP contribution in [0.3, 0.4) is 0 Å². The van der Waals surface area contributed by atoms with E-state index in [2.05, 4.69) is 16.0 Å². The molecule has 2 amide bonds. The molecule has 0 saturated carbocycles. The van der Waals surface area contributed by atoms with E-state index in [0.29, 0.717) is 23.4 Å². The predicted octanol–water partition coefficient (Wildman–Crippen LogP) is 3.03. The molecule has 0 spiro atoms. The quantitative estimate of drug-likeness (QED) is 0.676. The molecule has 2 aromatic rings. The van der Waals surface area contributed by atoms with Crippen molar-refractivity contribution in [2.45, 2.75) is 25.9 Å². The standard InChI is InChI=1S/C21H23N3O3S/c1-14-5-2-3-7-18(14)20(26)24-21(28)23-16-10-8-15(9-11-16)19(25)22-13-17-6-4-12-27-17/h2-3,5,7-11,17H,4,6,12-13H2,1H3,(H,22,25)(H2,23,24,26,28)/t17-/m1/s1. The fraction of sp³-hybridized carbons (Fsp3) is 0.286. The molecule has 146 valence electrons. The molecule has 6 nitrogen and oxygen atoms in total. The first-order valence-electron chi connectivity index (χ1n) is 9.21. The third-order valence-electron chi connectivity index (χ3n) is 4.54. The van der Waals surface area contributed by atoms with Gasteiger partial charge in [-0.25, -0.2) is 0 Å². The second-order valence-electron chi connectivity index (χ2n) is 6.65. The highest BCUT2D eigenvalue weighted by Crippen LogP contribution is 2.13. The highest BCUT2D eigenvalue weighted by Gasteiger charge is 2.16. The van der Waals surface area contributed by atoms with Crippen LogP contribution in [0.2, 0.25) is 0 Å². The van der Waals surface area contributed by atoms with E-state index in [-0.39, 0.29) is 23.0 Å². The number of amides is 2. The van der Waals surface area contributed by atoms with Crippen molar-refractivity contribution in [3.8, 4) is 0 Å². The summed E-state index contributed by atoms with van der Waals surface area (Å²) in [6.07, 6.45) is 2.13. The Bertz CT molecular complexity index is 861. The van der Waals surface area contributed by atoms with Gasteiger partial charge in [-0.15, -0.1) is 0 Å². The van der Waals surface area contributed by atoms with Crippen LogP contribution in [-0.4, -0.2) is 36.2 Å². The molecule has 1 saturated heterocycles. The third-order valence-corrected chi connectivity index (χ3v) is 4.74. The number of hydrogen-bond donors (Lipinski definition) is 3. The molecule has 0 aromatic heterocycles. The van der Waals surface area contributed by atoms with Crippen molar-refractivity contribution < 1.29 is 14.3 Å². The third kappa shape index (κ3) is 5.37. The van der Waals surface area contributed by atoms with Gasteiger partial charge in [0.05, 0.1) is 6.10 Å². The second kappa shape index (κ2) is 9.43. The Labute approximate surface area is 169 Å². The first-order chi connectivity index (χ1) is 13.5. The number of aryl methyl sites for hydroxylation is 1. The van der Waals surface area contributed by atoms with Crippen LogP contribution in [0.4, 0.5) is 5.69 Å². The molecular formula is C21H23N3O3S. The van der Waals surface area contributed by atoms with Crippen molar-refractivity contribution in [3.05, 3.63) is 65.2 Å². The Hall–Kier alpha value is -2.77. The van der Waals surface area contributed by atoms with E-state index in [9.17, 15) is 9.59 Å². The number of carbonyl (C=O) groups excluding carboxylic acids is 2. The average molecular weight is 398 g/mol. The molecule has 3 N–H and O–H groups in total. The lowest BCUT2D eigenvalue weighted by Crippen LogP contribution is -2.34. The molecule has 1 aliphatic heterocycles. The van der Waals surface area contributed by atoms with Crippen LogP contribution in [-0.2, 0) is 4.74 Å². The first-order valence-corrected chi connectivity index (χ1v) is 9.61. The largest absolute Gasteiger partial charge is 0.376 e. The Morgan fingerprint density at radius 1 is 1.11 bits per heavy atom. The summed E-state index contributed by atoms with van der Waals surface area (Å²) in [6, 6.07) is 14.2. The normalized spacial score (nSPS) is 15.7. The van der Waals surface area contributed by atoms with Crippen LogP contribution >= 0.6 is 12.2 Å². The Morgan fingerprint density at radius 3 is 2.54 bits per heavy atom. The molecule has 0 bridgehead atoms. The maximum absolute atomic E-state index is 12.3. The number of carbonyl (C=O) groups is 2. The Morgan fingerprint density at radius 2 is 1.86 bits per heavy atom. The van der Waals surface area contributed by atoms with Crippen molar-refractivity contribution >= 4 is 34.8 Å². The topological polar surface area (TPSA) is 79.5 Å². The summed E-state index contributed by atoms with van der Waals surface area (Å²) < 4.78 is 5.50. The summed E-state index contributed by atoms with van der Waals surface area (Å²) >= 11 is 5.21. The number of hydrogen-bond acceptors (Lipinski definition) is 4. The van der Waals surface area contributed by atoms with E-state index in [1.54, 1.807) is 36.4 Å². The summed E-state index contributed by atoms with van der Waals surface area (Å²) in [5.74, 6) is -0.404. The minimum Gasteiger partial charge on any atom is -0.376 e. The average Bonchev–Trinajstić information content (AvgIpc) is 3.20. The van der Waals surface area contributed by atoms with Crippen molar-refractivity contribution in [2.75, 3.05) is 18.5 Å². The zero-order valence-corrected chi connectivity index (χ0v) is 16.5. The molecular weight excluding hydrogens is 374 g/mol. The zero-order valence-electron chi connectivity index (χ0n) is 15.7. The van der Waals surface area contributed by atoms with Crippen molar-refractivity contribution in [2.24, 2.45) is 0 Å². The second-order valence-corrected chi connectivity index (χ2v) is 7.05. The van der Waals surface area contributed by atoms with Gasteiger partial charge in [-0.1, -0.05) is 18.2 Å². The minimum atomic E-state index is -0.263. The van der Waals surface area contributed by atoms with Gasteiger partial charge in [-0.2, -0.15) is 0 Å². The van der Waals surface area contributed by atoms with Gasteiger partial charge in [0.25, 0.3) is 11.8 Å². The van der Waals surface area contributed by atoms with Crippen LogP contribution in [0.5, 0.6) is 0 Å². The van der Waals surface area contributed by atoms with Crippen molar-refractivity contribution in [1.82, 2.24) is 10.6 Å². The summed E-state index contributed by atoms with van der Waals surface area (Å²) in [6.45, 7) is 3.16. The molecule has 1 atom stereocenters. The summed E-state index contributed by atoms with van der Waals surface area (Å²) in [4.78, 5) is 24.5. The van der Waals surface area contributed by atoms with Crippen LogP contribution in [0, 0.1) is 6.92 Å². The van der Waals surface area contributed by atoms with Gasteiger partial charge in [-0.3, -0.25) is 14.9 Å². The van der Waals surface area contributed by atoms with E-state index in [1.165, 1.54) is 0 Å². The molecule has 0 aliphatic carbocycles. The maximum atomic E-state index is 12.3. The lowest BCUT2D eigenvalue weighted by atomic mass is 10.1. The number of ether oxygens (including phenoxy) is 1. The van der Waals surface area contributed by atoms with E-state index < -0.39 is 0 Å². The van der Waals surface area contributed by atoms with Crippen LogP contribution in [0.25, 0.3) is 0 Å². The molecule has 0 radical (unpaired) electrons. The highest BCUT2D eigenvalue weighted by atomic mass is 32.1. The van der Waals surface area contributed by atoms with E-state index >= 15 is 0 Å². The molecule has 1 fully saturated rings. The molecule has 2 aromatic carbocycles. The zero-order chi connectivity index (χ0) is 19.9. The molecule has 1 heterocycles. The lowest BCUT2D eigenvalue weighted by molar-refractivity contribution is 0.0857. The van der Waals surface area contributed by atoms with Crippen molar-refractivity contribution in [3.63, 3.8) is 0 Å². The summed E-state index contributed by atoms with van der Waals surface area (Å²) in [5.41, 5.74) is 2.69. The molecule has 7 heteroatoms. The highest BCUT2D eigenvalue weighted by molar-refractivity contribution is 7.80. The number of rotatable bonds is 5. The number of nitrogens with one attached hydrogen (secondary N) is 3. The maximum Gasteiger partial charge on any atom is 0.257 e. The number of benzene rings is 2. The van der Waals surface area contributed by atoms with E-state index in [4.69, 9.17) is 17.0 Å². The van der Waals surface area contributed by atoms with E-state index in [1.807, 2.05) is 19.1 Å². The van der Waals surface area contributed by atoms with Crippen LogP contribution < -0.4 is 16.0 Å². The monoisotopic (exact) mass is 397 g/mol. The fourth-order valence-corrected chi connectivity index (χ4v) is 3.19. The van der Waals surface area contributed by atoms with Gasteiger partial charge in [-0.05, 0) is 67.9 Å². The van der Waals surface area contributed by atoms with Gasteiger partial charge >= 0.3 is 0 Å². The lowest BCUT2D eigenvalue weighted by Gasteiger charge is -2.12. The number of thiocarbonyl (C=S) groups is 1. The molecule has 28 heavy (non-hydrogen) atoms. The van der Waals surface area contributed by atoms with Gasteiger partial charge < -0.3 is 15.4 Å². The van der Waals surface area contributed by atoms with Crippen molar-refractivity contribution in [1.29, 1.82) is 0 Å². The minimum absolute atomic E-state index is 0.110. The van der Waals surface area contributed by atoms with Gasteiger partial charge in [0, 0.05) is 30.0 Å². The SMILES string of the molecule is Cc1ccccc1C(=O)NC(=S)Nc1ccc(C(=O)NC[C@H]2CCCO2)cc1. The summed E-state index contributed by atoms with van der Waals surface area (Å²) in [5, 5.41) is 8.70. The summed E-state index contributed by atoms with van der Waals surface area (Å²) in [7, 11) is 0. The molecule has 1 aliphatic rings. The van der Waals surface area contributed by atoms with Gasteiger partial charge in [0.2, 0.25) is 0 Å².